The number of aliphatic hydroxyl groups excluding tert-OH is 1. The maximum Gasteiger partial charge on any atom is 0.118 e. The molecule has 1 N–H and O–H groups in total. The zero-order valence-electron chi connectivity index (χ0n) is 12.5. The van der Waals surface area contributed by atoms with E-state index in [0.29, 0.717) is 6.42 Å². The van der Waals surface area contributed by atoms with Crippen LogP contribution in [0.5, 0.6) is 0 Å². The lowest BCUT2D eigenvalue weighted by atomic mass is 10.0. The first kappa shape index (κ1) is 14.3. The number of terminal acetylenes is 1. The quantitative estimate of drug-likeness (QED) is 0.744. The van der Waals surface area contributed by atoms with E-state index in [1.165, 1.54) is 5.56 Å². The number of aromatic nitrogens is 1. The molecule has 0 saturated carbocycles. The van der Waals surface area contributed by atoms with Crippen molar-refractivity contribution >= 4 is 10.9 Å². The minimum Gasteiger partial charge on any atom is -0.380 e. The molecule has 108 valence electrons. The SMILES string of the molecule is C#CC(O)Cc1ccc(-c2ccc3cc(C)ccc3n2)cc1. The zero-order valence-corrected chi connectivity index (χ0v) is 12.5. The van der Waals surface area contributed by atoms with E-state index in [0.717, 1.165) is 27.7 Å². The molecule has 2 aromatic carbocycles. The second-order valence-corrected chi connectivity index (χ2v) is 5.48. The summed E-state index contributed by atoms with van der Waals surface area (Å²) in [5.74, 6) is 2.33. The Labute approximate surface area is 130 Å². The summed E-state index contributed by atoms with van der Waals surface area (Å²) in [7, 11) is 0. The summed E-state index contributed by atoms with van der Waals surface area (Å²) in [6.45, 7) is 2.08. The number of hydrogen-bond donors (Lipinski definition) is 1. The fourth-order valence-electron chi connectivity index (χ4n) is 2.50. The number of fused-ring (bicyclic) bond motifs is 1. The number of hydrogen-bond acceptors (Lipinski definition) is 2. The van der Waals surface area contributed by atoms with E-state index in [-0.39, 0.29) is 0 Å². The van der Waals surface area contributed by atoms with Gasteiger partial charge in [-0.1, -0.05) is 47.9 Å². The molecule has 0 bridgehead atoms. The van der Waals surface area contributed by atoms with E-state index in [1.54, 1.807) is 0 Å². The molecule has 0 aliphatic carbocycles. The molecule has 1 atom stereocenters. The highest BCUT2D eigenvalue weighted by atomic mass is 16.3. The molecule has 2 heteroatoms. The molecule has 1 unspecified atom stereocenters. The van der Waals surface area contributed by atoms with Crippen molar-refractivity contribution in [1.82, 2.24) is 4.98 Å². The third kappa shape index (κ3) is 3.00. The molecule has 0 spiro atoms. The molecule has 1 aromatic heterocycles. The molecule has 0 saturated heterocycles. The highest BCUT2D eigenvalue weighted by Crippen LogP contribution is 2.22. The van der Waals surface area contributed by atoms with E-state index in [2.05, 4.69) is 31.0 Å². The van der Waals surface area contributed by atoms with Crippen molar-refractivity contribution in [2.75, 3.05) is 0 Å². The number of rotatable bonds is 3. The van der Waals surface area contributed by atoms with Gasteiger partial charge < -0.3 is 5.11 Å². The van der Waals surface area contributed by atoms with Crippen LogP contribution in [0, 0.1) is 19.3 Å². The van der Waals surface area contributed by atoms with Gasteiger partial charge >= 0.3 is 0 Å². The van der Waals surface area contributed by atoms with Crippen LogP contribution >= 0.6 is 0 Å². The van der Waals surface area contributed by atoms with E-state index in [1.807, 2.05) is 36.4 Å². The van der Waals surface area contributed by atoms with Gasteiger partial charge in [0.2, 0.25) is 0 Å². The lowest BCUT2D eigenvalue weighted by molar-refractivity contribution is 0.233. The van der Waals surface area contributed by atoms with E-state index < -0.39 is 6.10 Å². The first-order valence-corrected chi connectivity index (χ1v) is 7.26. The Morgan fingerprint density at radius 1 is 1.09 bits per heavy atom. The smallest absolute Gasteiger partial charge is 0.118 e. The largest absolute Gasteiger partial charge is 0.380 e. The second-order valence-electron chi connectivity index (χ2n) is 5.48. The third-order valence-electron chi connectivity index (χ3n) is 3.72. The molecule has 3 aromatic rings. The maximum atomic E-state index is 9.49. The minimum atomic E-state index is -0.729. The number of aliphatic hydroxyl groups is 1. The van der Waals surface area contributed by atoms with Crippen LogP contribution in [0.4, 0.5) is 0 Å². The van der Waals surface area contributed by atoms with Crippen molar-refractivity contribution in [2.45, 2.75) is 19.4 Å². The predicted octanol–water partition coefficient (Wildman–Crippen LogP) is 3.75. The van der Waals surface area contributed by atoms with Gasteiger partial charge in [0, 0.05) is 17.4 Å². The van der Waals surface area contributed by atoms with Gasteiger partial charge in [0.15, 0.2) is 0 Å². The van der Waals surface area contributed by atoms with Crippen molar-refractivity contribution in [3.05, 3.63) is 65.7 Å². The fourth-order valence-corrected chi connectivity index (χ4v) is 2.50. The van der Waals surface area contributed by atoms with Gasteiger partial charge in [-0.25, -0.2) is 4.98 Å². The Morgan fingerprint density at radius 2 is 1.86 bits per heavy atom. The summed E-state index contributed by atoms with van der Waals surface area (Å²) >= 11 is 0. The molecule has 1 heterocycles. The van der Waals surface area contributed by atoms with Crippen LogP contribution < -0.4 is 0 Å². The summed E-state index contributed by atoms with van der Waals surface area (Å²) in [5.41, 5.74) is 5.25. The Hall–Kier alpha value is -2.63. The Balaban J connectivity index is 1.91. The Morgan fingerprint density at radius 3 is 2.59 bits per heavy atom. The summed E-state index contributed by atoms with van der Waals surface area (Å²) in [4.78, 5) is 4.71. The number of benzene rings is 2. The zero-order chi connectivity index (χ0) is 15.5. The van der Waals surface area contributed by atoms with Crippen LogP contribution in [0.15, 0.2) is 54.6 Å². The first-order chi connectivity index (χ1) is 10.7. The van der Waals surface area contributed by atoms with Crippen molar-refractivity contribution in [3.63, 3.8) is 0 Å². The third-order valence-corrected chi connectivity index (χ3v) is 3.72. The molecular formula is C20H17NO. The highest BCUT2D eigenvalue weighted by molar-refractivity contribution is 5.82. The highest BCUT2D eigenvalue weighted by Gasteiger charge is 2.04. The van der Waals surface area contributed by atoms with Gasteiger partial charge in [0.05, 0.1) is 11.2 Å². The van der Waals surface area contributed by atoms with Gasteiger partial charge in [0.25, 0.3) is 0 Å². The number of nitrogens with zero attached hydrogens (tertiary/aromatic N) is 1. The monoisotopic (exact) mass is 287 g/mol. The average molecular weight is 287 g/mol. The lowest BCUT2D eigenvalue weighted by Gasteiger charge is -2.07. The standard InChI is InChI=1S/C20H17NO/c1-3-18(22)13-15-5-7-16(8-6-15)19-11-9-17-12-14(2)4-10-20(17)21-19/h1,4-12,18,22H,13H2,2H3. The van der Waals surface area contributed by atoms with Crippen molar-refractivity contribution in [1.29, 1.82) is 0 Å². The van der Waals surface area contributed by atoms with Crippen molar-refractivity contribution < 1.29 is 5.11 Å². The van der Waals surface area contributed by atoms with Crippen LogP contribution in [0.25, 0.3) is 22.2 Å². The molecule has 3 rings (SSSR count). The summed E-state index contributed by atoms with van der Waals surface area (Å²) in [6, 6.07) is 18.4. The predicted molar refractivity (Wildman–Crippen MR) is 90.5 cm³/mol. The lowest BCUT2D eigenvalue weighted by Crippen LogP contribution is -2.06. The number of aryl methyl sites for hydroxylation is 1. The fraction of sp³-hybridized carbons (Fsp3) is 0.150. The number of pyridine rings is 1. The molecule has 2 nitrogen and oxygen atoms in total. The van der Waals surface area contributed by atoms with Gasteiger partial charge in [-0.2, -0.15) is 0 Å². The van der Waals surface area contributed by atoms with E-state index >= 15 is 0 Å². The Kier molecular flexibility index (Phi) is 3.91. The van der Waals surface area contributed by atoms with Gasteiger partial charge in [0.1, 0.15) is 6.10 Å². The van der Waals surface area contributed by atoms with Crippen molar-refractivity contribution in [3.8, 4) is 23.6 Å². The topological polar surface area (TPSA) is 33.1 Å². The van der Waals surface area contributed by atoms with Gasteiger partial charge in [-0.05, 0) is 30.7 Å². The van der Waals surface area contributed by atoms with Gasteiger partial charge in [-0.15, -0.1) is 6.42 Å². The van der Waals surface area contributed by atoms with Gasteiger partial charge in [-0.3, -0.25) is 0 Å². The molecule has 0 aliphatic rings. The van der Waals surface area contributed by atoms with Crippen LogP contribution in [0.1, 0.15) is 11.1 Å². The van der Waals surface area contributed by atoms with Crippen LogP contribution in [0.2, 0.25) is 0 Å². The molecule has 0 radical (unpaired) electrons. The normalized spacial score (nSPS) is 12.0. The van der Waals surface area contributed by atoms with E-state index in [4.69, 9.17) is 11.4 Å². The average Bonchev–Trinajstić information content (AvgIpc) is 2.55. The molecular weight excluding hydrogens is 270 g/mol. The molecule has 0 aliphatic heterocycles. The van der Waals surface area contributed by atoms with Crippen LogP contribution in [-0.4, -0.2) is 16.2 Å². The molecule has 22 heavy (non-hydrogen) atoms. The van der Waals surface area contributed by atoms with E-state index in [9.17, 15) is 5.11 Å². The minimum absolute atomic E-state index is 0.473. The summed E-state index contributed by atoms with van der Waals surface area (Å²) in [6.07, 6.45) is 4.94. The molecule has 0 fully saturated rings. The van der Waals surface area contributed by atoms with Crippen molar-refractivity contribution in [2.24, 2.45) is 0 Å². The summed E-state index contributed by atoms with van der Waals surface area (Å²) in [5, 5.41) is 10.6. The first-order valence-electron chi connectivity index (χ1n) is 7.26. The Bertz CT molecular complexity index is 844. The second kappa shape index (κ2) is 6.01. The summed E-state index contributed by atoms with van der Waals surface area (Å²) < 4.78 is 0. The maximum absolute atomic E-state index is 9.49. The van der Waals surface area contributed by atoms with Crippen LogP contribution in [0.3, 0.4) is 0 Å². The molecule has 0 amide bonds. The van der Waals surface area contributed by atoms with Crippen LogP contribution in [-0.2, 0) is 6.42 Å².